The molecule has 3 rings (SSSR count). The Hall–Kier alpha value is -3.05. The van der Waals surface area contributed by atoms with Crippen LogP contribution in [0.25, 0.3) is 11.3 Å². The maximum Gasteiger partial charge on any atom is 0.573 e. The second-order valence-corrected chi connectivity index (χ2v) is 7.88. The fraction of sp³-hybridized carbons (Fsp3) is 0.333. The van der Waals surface area contributed by atoms with Crippen molar-refractivity contribution in [2.75, 3.05) is 13.2 Å². The summed E-state index contributed by atoms with van der Waals surface area (Å²) in [5.41, 5.74) is 1.39. The smallest absolute Gasteiger partial charge is 0.484 e. The lowest BCUT2D eigenvalue weighted by atomic mass is 10.1. The summed E-state index contributed by atoms with van der Waals surface area (Å²) in [6, 6.07) is 12.4. The number of hydrogen-bond donors (Lipinski definition) is 0. The van der Waals surface area contributed by atoms with Crippen molar-refractivity contribution in [3.63, 3.8) is 0 Å². The Morgan fingerprint density at radius 1 is 1.03 bits per heavy atom. The van der Waals surface area contributed by atoms with Crippen LogP contribution >= 0.6 is 15.9 Å². The molecule has 0 N–H and O–H groups in total. The van der Waals surface area contributed by atoms with Crippen molar-refractivity contribution in [1.82, 2.24) is 4.98 Å². The number of ether oxygens (including phenoxy) is 4. The van der Waals surface area contributed by atoms with Crippen LogP contribution in [-0.4, -0.2) is 36.6 Å². The highest BCUT2D eigenvalue weighted by Crippen LogP contribution is 2.32. The normalized spacial score (nSPS) is 12.3. The third-order valence-electron chi connectivity index (χ3n) is 4.60. The molecule has 35 heavy (non-hydrogen) atoms. The van der Waals surface area contributed by atoms with E-state index in [0.717, 1.165) is 5.56 Å². The van der Waals surface area contributed by atoms with Crippen molar-refractivity contribution < 1.29 is 41.3 Å². The largest absolute Gasteiger partial charge is 0.573 e. The Morgan fingerprint density at radius 2 is 1.69 bits per heavy atom. The molecule has 0 aliphatic heterocycles. The van der Waals surface area contributed by atoms with Gasteiger partial charge in [-0.3, -0.25) is 0 Å². The van der Waals surface area contributed by atoms with Crippen molar-refractivity contribution in [1.29, 1.82) is 0 Å². The molecule has 0 bridgehead atoms. The first-order chi connectivity index (χ1) is 16.7. The zero-order chi connectivity index (χ0) is 25.4. The first kappa shape index (κ1) is 26.6. The molecule has 0 fully saturated rings. The average molecular weight is 558 g/mol. The molecule has 1 aromatic heterocycles. The number of rotatable bonds is 11. The van der Waals surface area contributed by atoms with E-state index >= 15 is 0 Å². The van der Waals surface area contributed by atoms with Crippen molar-refractivity contribution in [3.05, 3.63) is 64.6 Å². The highest BCUT2D eigenvalue weighted by atomic mass is 79.9. The Balaban J connectivity index is 1.59. The van der Waals surface area contributed by atoms with Crippen molar-refractivity contribution in [2.24, 2.45) is 0 Å². The molecule has 11 heteroatoms. The van der Waals surface area contributed by atoms with Gasteiger partial charge in [0.1, 0.15) is 11.5 Å². The van der Waals surface area contributed by atoms with Crippen LogP contribution in [0.1, 0.15) is 25.3 Å². The van der Waals surface area contributed by atoms with Crippen LogP contribution < -0.4 is 9.47 Å². The van der Waals surface area contributed by atoms with Crippen LogP contribution in [0.3, 0.4) is 0 Å². The van der Waals surface area contributed by atoms with Crippen LogP contribution in [0.2, 0.25) is 0 Å². The van der Waals surface area contributed by atoms with Crippen LogP contribution in [0, 0.1) is 0 Å². The number of esters is 1. The lowest BCUT2D eigenvalue weighted by Gasteiger charge is -2.15. The third kappa shape index (κ3) is 8.00. The van der Waals surface area contributed by atoms with E-state index in [1.54, 1.807) is 19.1 Å². The zero-order valence-corrected chi connectivity index (χ0v) is 20.5. The Labute approximate surface area is 208 Å². The molecule has 1 atom stereocenters. The minimum atomic E-state index is -4.76. The number of carbonyl (C=O) groups excluding carboxylic acids is 1. The van der Waals surface area contributed by atoms with Gasteiger partial charge in [-0.05, 0) is 71.7 Å². The summed E-state index contributed by atoms with van der Waals surface area (Å²) >= 11 is 3.29. The summed E-state index contributed by atoms with van der Waals surface area (Å²) in [6.07, 6.45) is -5.07. The van der Waals surface area contributed by atoms with Crippen LogP contribution in [0.15, 0.2) is 57.6 Å². The van der Waals surface area contributed by atoms with Crippen molar-refractivity contribution in [3.8, 4) is 22.8 Å². The van der Waals surface area contributed by atoms with Crippen LogP contribution in [0.5, 0.6) is 11.5 Å². The van der Waals surface area contributed by atoms with E-state index in [4.69, 9.17) is 18.6 Å². The fourth-order valence-electron chi connectivity index (χ4n) is 3.12. The molecule has 7 nitrogen and oxygen atoms in total. The molecule has 0 amide bonds. The molecule has 0 aliphatic rings. The molecular formula is C24H23BrF3NO6. The highest BCUT2D eigenvalue weighted by Gasteiger charge is 2.31. The summed E-state index contributed by atoms with van der Waals surface area (Å²) in [4.78, 5) is 16.3. The monoisotopic (exact) mass is 557 g/mol. The predicted molar refractivity (Wildman–Crippen MR) is 123 cm³/mol. The topological polar surface area (TPSA) is 80.0 Å². The van der Waals surface area contributed by atoms with Gasteiger partial charge in [-0.2, -0.15) is 0 Å². The number of hydrogen-bond acceptors (Lipinski definition) is 7. The summed E-state index contributed by atoms with van der Waals surface area (Å²) in [5.74, 6) is 0.437. The summed E-state index contributed by atoms with van der Waals surface area (Å²) in [6.45, 7) is 4.26. The number of oxazole rings is 1. The van der Waals surface area contributed by atoms with Gasteiger partial charge in [0.2, 0.25) is 5.89 Å². The maximum absolute atomic E-state index is 12.3. The van der Waals surface area contributed by atoms with E-state index in [1.165, 1.54) is 24.3 Å². The maximum atomic E-state index is 12.3. The first-order valence-corrected chi connectivity index (χ1v) is 11.5. The molecule has 2 aromatic carbocycles. The molecule has 0 saturated heterocycles. The molecule has 0 aliphatic carbocycles. The summed E-state index contributed by atoms with van der Waals surface area (Å²) in [5, 5.41) is 0. The summed E-state index contributed by atoms with van der Waals surface area (Å²) < 4.78 is 63.2. The van der Waals surface area contributed by atoms with E-state index < -0.39 is 18.4 Å². The molecule has 188 valence electrons. The van der Waals surface area contributed by atoms with Crippen LogP contribution in [-0.2, 0) is 27.3 Å². The van der Waals surface area contributed by atoms with E-state index in [1.807, 2.05) is 19.1 Å². The zero-order valence-electron chi connectivity index (χ0n) is 18.9. The number of halogens is 4. The minimum Gasteiger partial charge on any atom is -0.484 e. The minimum absolute atomic E-state index is 0.0254. The predicted octanol–water partition coefficient (Wildman–Crippen LogP) is 6.09. The van der Waals surface area contributed by atoms with Gasteiger partial charge in [0, 0.05) is 18.6 Å². The number of aromatic nitrogens is 1. The van der Waals surface area contributed by atoms with Gasteiger partial charge in [0.15, 0.2) is 23.1 Å². The average Bonchev–Trinajstić information content (AvgIpc) is 3.18. The molecule has 0 radical (unpaired) electrons. The third-order valence-corrected chi connectivity index (χ3v) is 5.14. The van der Waals surface area contributed by atoms with E-state index in [2.05, 4.69) is 25.7 Å². The highest BCUT2D eigenvalue weighted by molar-refractivity contribution is 9.10. The number of alkyl halides is 3. The number of benzene rings is 2. The standard InChI is InChI=1S/C24H23BrF3NO6/c1-3-31-19(23(30)32-4-2)13-15-5-9-17(10-6-15)33-14-20-29-22(25)21(34-20)16-7-11-18(12-8-16)35-24(26,27)28/h5-12,19H,3-4,13-14H2,1-2H3/t19-/m1/s1. The van der Waals surface area contributed by atoms with Gasteiger partial charge >= 0.3 is 12.3 Å². The second-order valence-electron chi connectivity index (χ2n) is 7.13. The molecule has 0 spiro atoms. The van der Waals surface area contributed by atoms with Gasteiger partial charge in [0.25, 0.3) is 0 Å². The van der Waals surface area contributed by atoms with Gasteiger partial charge in [-0.15, -0.1) is 13.2 Å². The van der Waals surface area contributed by atoms with Gasteiger partial charge in [0.05, 0.1) is 6.61 Å². The molecule has 0 unspecified atom stereocenters. The van der Waals surface area contributed by atoms with E-state index in [-0.39, 0.29) is 24.9 Å². The van der Waals surface area contributed by atoms with Gasteiger partial charge < -0.3 is 23.4 Å². The van der Waals surface area contributed by atoms with Gasteiger partial charge in [-0.25, -0.2) is 9.78 Å². The molecule has 1 heterocycles. The Morgan fingerprint density at radius 3 is 2.29 bits per heavy atom. The fourth-order valence-corrected chi connectivity index (χ4v) is 3.63. The number of nitrogens with zero attached hydrogens (tertiary/aromatic N) is 1. The lowest BCUT2D eigenvalue weighted by Crippen LogP contribution is -2.28. The van der Waals surface area contributed by atoms with Crippen molar-refractivity contribution in [2.45, 2.75) is 39.3 Å². The van der Waals surface area contributed by atoms with E-state index in [0.29, 0.717) is 34.7 Å². The van der Waals surface area contributed by atoms with Gasteiger partial charge in [-0.1, -0.05) is 12.1 Å². The second kappa shape index (κ2) is 12.1. The SMILES string of the molecule is CCOC(=O)[C@@H](Cc1ccc(OCc2nc(Br)c(-c3ccc(OC(F)(F)F)cc3)o2)cc1)OCC. The van der Waals surface area contributed by atoms with E-state index in [9.17, 15) is 18.0 Å². The number of carbonyl (C=O) groups is 1. The quantitative estimate of drug-likeness (QED) is 0.264. The first-order valence-electron chi connectivity index (χ1n) is 10.7. The Bertz CT molecular complexity index is 1100. The molecule has 0 saturated carbocycles. The molecular weight excluding hydrogens is 535 g/mol. The summed E-state index contributed by atoms with van der Waals surface area (Å²) in [7, 11) is 0. The molecule has 3 aromatic rings. The Kier molecular flexibility index (Phi) is 9.16. The van der Waals surface area contributed by atoms with Crippen LogP contribution in [0.4, 0.5) is 13.2 Å². The lowest BCUT2D eigenvalue weighted by molar-refractivity contribution is -0.274. The van der Waals surface area contributed by atoms with Crippen molar-refractivity contribution >= 4 is 21.9 Å².